The molecule has 0 saturated carbocycles. The normalized spacial score (nSPS) is 10.7. The Morgan fingerprint density at radius 2 is 2.29 bits per heavy atom. The van der Waals surface area contributed by atoms with Gasteiger partial charge in [0.25, 0.3) is 0 Å². The maximum Gasteiger partial charge on any atom is 0.0949 e. The summed E-state index contributed by atoms with van der Waals surface area (Å²) >= 11 is 0. The lowest BCUT2D eigenvalue weighted by Gasteiger charge is -2.01. The van der Waals surface area contributed by atoms with E-state index in [0.717, 1.165) is 18.7 Å². The standard InChI is InChI=1S/C10H14N4/c1-3-9-6-10(13(2)12-9)7-14-5-4-11-8-14/h4-6,8H,3,7H2,1-2H3. The number of imidazole rings is 1. The number of nitrogens with zero attached hydrogens (tertiary/aromatic N) is 4. The minimum absolute atomic E-state index is 0.837. The lowest BCUT2D eigenvalue weighted by Crippen LogP contribution is -2.03. The van der Waals surface area contributed by atoms with Crippen LogP contribution in [0.2, 0.25) is 0 Å². The fourth-order valence-corrected chi connectivity index (χ4v) is 1.46. The maximum absolute atomic E-state index is 4.39. The lowest BCUT2D eigenvalue weighted by atomic mass is 10.3. The maximum atomic E-state index is 4.39. The molecule has 0 bridgehead atoms. The number of hydrogen-bond donors (Lipinski definition) is 0. The SMILES string of the molecule is CCc1cc(Cn2ccnc2)n(C)n1. The van der Waals surface area contributed by atoms with Crippen LogP contribution >= 0.6 is 0 Å². The second-order valence-electron chi connectivity index (χ2n) is 3.34. The van der Waals surface area contributed by atoms with Crippen molar-refractivity contribution >= 4 is 0 Å². The Hall–Kier alpha value is -1.58. The first kappa shape index (κ1) is 8.99. The van der Waals surface area contributed by atoms with E-state index in [4.69, 9.17) is 0 Å². The quantitative estimate of drug-likeness (QED) is 0.729. The summed E-state index contributed by atoms with van der Waals surface area (Å²) in [4.78, 5) is 4.01. The summed E-state index contributed by atoms with van der Waals surface area (Å²) in [5.41, 5.74) is 2.35. The minimum atomic E-state index is 0.837. The van der Waals surface area contributed by atoms with Gasteiger partial charge in [0.1, 0.15) is 0 Å². The van der Waals surface area contributed by atoms with Gasteiger partial charge in [-0.05, 0) is 12.5 Å². The zero-order chi connectivity index (χ0) is 9.97. The van der Waals surface area contributed by atoms with Gasteiger partial charge in [-0.2, -0.15) is 5.10 Å². The molecule has 2 rings (SSSR count). The molecule has 0 aliphatic rings. The van der Waals surface area contributed by atoms with Crippen LogP contribution < -0.4 is 0 Å². The Labute approximate surface area is 83.2 Å². The Kier molecular flexibility index (Phi) is 2.35. The second-order valence-corrected chi connectivity index (χ2v) is 3.34. The van der Waals surface area contributed by atoms with Gasteiger partial charge in [0.15, 0.2) is 0 Å². The van der Waals surface area contributed by atoms with Crippen LogP contribution in [-0.4, -0.2) is 19.3 Å². The highest BCUT2D eigenvalue weighted by Crippen LogP contribution is 2.05. The molecule has 0 aliphatic heterocycles. The molecule has 0 spiro atoms. The first-order chi connectivity index (χ1) is 6.79. The van der Waals surface area contributed by atoms with Crippen LogP contribution in [-0.2, 0) is 20.0 Å². The molecule has 0 unspecified atom stereocenters. The molecule has 0 N–H and O–H groups in total. The van der Waals surface area contributed by atoms with Crippen molar-refractivity contribution in [2.45, 2.75) is 19.9 Å². The predicted molar refractivity (Wildman–Crippen MR) is 53.9 cm³/mol. The van der Waals surface area contributed by atoms with Crippen LogP contribution in [0.1, 0.15) is 18.3 Å². The van der Waals surface area contributed by atoms with Gasteiger partial charge in [0.2, 0.25) is 0 Å². The molecule has 0 atom stereocenters. The van der Waals surface area contributed by atoms with Gasteiger partial charge in [-0.1, -0.05) is 6.92 Å². The zero-order valence-corrected chi connectivity index (χ0v) is 8.51. The van der Waals surface area contributed by atoms with Crippen molar-refractivity contribution in [3.8, 4) is 0 Å². The van der Waals surface area contributed by atoms with Crippen molar-refractivity contribution < 1.29 is 0 Å². The third-order valence-corrected chi connectivity index (χ3v) is 2.29. The number of rotatable bonds is 3. The smallest absolute Gasteiger partial charge is 0.0949 e. The zero-order valence-electron chi connectivity index (χ0n) is 8.51. The molecule has 2 aromatic heterocycles. The molecule has 0 saturated heterocycles. The molecular formula is C10H14N4. The van der Waals surface area contributed by atoms with Crippen molar-refractivity contribution in [2.24, 2.45) is 7.05 Å². The van der Waals surface area contributed by atoms with E-state index in [0.29, 0.717) is 0 Å². The van der Waals surface area contributed by atoms with E-state index in [1.165, 1.54) is 5.69 Å². The monoisotopic (exact) mass is 190 g/mol. The molecule has 0 aromatic carbocycles. The number of aromatic nitrogens is 4. The van der Waals surface area contributed by atoms with E-state index in [-0.39, 0.29) is 0 Å². The molecule has 4 heteroatoms. The minimum Gasteiger partial charge on any atom is -0.332 e. The number of hydrogen-bond acceptors (Lipinski definition) is 2. The summed E-state index contributed by atoms with van der Waals surface area (Å²) in [6, 6.07) is 2.14. The van der Waals surface area contributed by atoms with E-state index in [1.54, 1.807) is 6.20 Å². The first-order valence-corrected chi connectivity index (χ1v) is 4.77. The Morgan fingerprint density at radius 1 is 1.43 bits per heavy atom. The van der Waals surface area contributed by atoms with Crippen molar-refractivity contribution in [2.75, 3.05) is 0 Å². The molecular weight excluding hydrogens is 176 g/mol. The average molecular weight is 190 g/mol. The summed E-state index contributed by atoms with van der Waals surface area (Å²) in [5.74, 6) is 0. The molecule has 0 amide bonds. The van der Waals surface area contributed by atoms with Gasteiger partial charge in [0.05, 0.1) is 24.3 Å². The molecule has 74 valence electrons. The molecule has 2 aromatic rings. The fraction of sp³-hybridized carbons (Fsp3) is 0.400. The van der Waals surface area contributed by atoms with Crippen molar-refractivity contribution in [3.05, 3.63) is 36.2 Å². The topological polar surface area (TPSA) is 35.6 Å². The van der Waals surface area contributed by atoms with Crippen LogP contribution in [0.25, 0.3) is 0 Å². The molecule has 2 heterocycles. The molecule has 4 nitrogen and oxygen atoms in total. The van der Waals surface area contributed by atoms with Gasteiger partial charge in [-0.3, -0.25) is 4.68 Å². The highest BCUT2D eigenvalue weighted by atomic mass is 15.3. The van der Waals surface area contributed by atoms with E-state index < -0.39 is 0 Å². The van der Waals surface area contributed by atoms with Gasteiger partial charge in [-0.25, -0.2) is 4.98 Å². The molecule has 0 fully saturated rings. The lowest BCUT2D eigenvalue weighted by molar-refractivity contribution is 0.660. The van der Waals surface area contributed by atoms with Gasteiger partial charge in [-0.15, -0.1) is 0 Å². The van der Waals surface area contributed by atoms with E-state index >= 15 is 0 Å². The summed E-state index contributed by atoms with van der Waals surface area (Å²) in [7, 11) is 1.98. The van der Waals surface area contributed by atoms with Crippen LogP contribution in [0, 0.1) is 0 Å². The predicted octanol–water partition coefficient (Wildman–Crippen LogP) is 1.23. The Morgan fingerprint density at radius 3 is 2.86 bits per heavy atom. The fourth-order valence-electron chi connectivity index (χ4n) is 1.46. The summed E-state index contributed by atoms with van der Waals surface area (Å²) in [5, 5.41) is 4.39. The van der Waals surface area contributed by atoms with E-state index in [2.05, 4.69) is 23.1 Å². The first-order valence-electron chi connectivity index (χ1n) is 4.77. The van der Waals surface area contributed by atoms with Gasteiger partial charge < -0.3 is 4.57 Å². The van der Waals surface area contributed by atoms with Crippen molar-refractivity contribution in [1.82, 2.24) is 19.3 Å². The average Bonchev–Trinajstić information content (AvgIpc) is 2.78. The Balaban J connectivity index is 2.20. The highest BCUT2D eigenvalue weighted by molar-refractivity contribution is 5.10. The third-order valence-electron chi connectivity index (χ3n) is 2.29. The highest BCUT2D eigenvalue weighted by Gasteiger charge is 2.03. The van der Waals surface area contributed by atoms with E-state index in [1.807, 2.05) is 28.8 Å². The summed E-state index contributed by atoms with van der Waals surface area (Å²) in [6.07, 6.45) is 6.55. The van der Waals surface area contributed by atoms with Crippen molar-refractivity contribution in [3.63, 3.8) is 0 Å². The molecule has 14 heavy (non-hydrogen) atoms. The van der Waals surface area contributed by atoms with Crippen LogP contribution in [0.3, 0.4) is 0 Å². The van der Waals surface area contributed by atoms with Gasteiger partial charge in [0, 0.05) is 19.4 Å². The number of aryl methyl sites for hydroxylation is 2. The summed E-state index contributed by atoms with van der Waals surface area (Å²) in [6.45, 7) is 2.95. The molecule has 0 radical (unpaired) electrons. The Bertz CT molecular complexity index is 400. The van der Waals surface area contributed by atoms with Crippen LogP contribution in [0.5, 0.6) is 0 Å². The second kappa shape index (κ2) is 3.65. The third kappa shape index (κ3) is 1.69. The van der Waals surface area contributed by atoms with Gasteiger partial charge >= 0.3 is 0 Å². The summed E-state index contributed by atoms with van der Waals surface area (Å²) < 4.78 is 3.97. The largest absolute Gasteiger partial charge is 0.332 e. The van der Waals surface area contributed by atoms with E-state index in [9.17, 15) is 0 Å². The van der Waals surface area contributed by atoms with Crippen LogP contribution in [0.4, 0.5) is 0 Å². The molecule has 0 aliphatic carbocycles. The van der Waals surface area contributed by atoms with Crippen LogP contribution in [0.15, 0.2) is 24.8 Å². The van der Waals surface area contributed by atoms with Crippen molar-refractivity contribution in [1.29, 1.82) is 0 Å².